The largest absolute Gasteiger partial charge is 0.486 e. The number of carbonyl (C=O) groups is 1. The maximum absolute atomic E-state index is 13.3. The number of benzene rings is 1. The van der Waals surface area contributed by atoms with Gasteiger partial charge in [-0.1, -0.05) is 20.8 Å². The van der Waals surface area contributed by atoms with E-state index in [0.29, 0.717) is 0 Å². The summed E-state index contributed by atoms with van der Waals surface area (Å²) in [5.74, 6) is -0.802. The third-order valence-electron chi connectivity index (χ3n) is 4.87. The minimum absolute atomic E-state index is 0.00347. The fourth-order valence-electron chi connectivity index (χ4n) is 2.28. The molecule has 8 heteroatoms. The summed E-state index contributed by atoms with van der Waals surface area (Å²) < 4.78 is 56.2. The number of alkyl halides is 3. The average molecular weight is 390 g/mol. The lowest BCUT2D eigenvalue weighted by Crippen LogP contribution is -2.41. The van der Waals surface area contributed by atoms with Gasteiger partial charge >= 0.3 is 6.18 Å². The third-order valence-corrected chi connectivity index (χ3v) is 9.41. The summed E-state index contributed by atoms with van der Waals surface area (Å²) in [4.78, 5) is 12.4. The predicted octanol–water partition coefficient (Wildman–Crippen LogP) is 5.07. The van der Waals surface area contributed by atoms with Crippen LogP contribution in [-0.2, 0) is 10.6 Å². The first kappa shape index (κ1) is 20.8. The summed E-state index contributed by atoms with van der Waals surface area (Å²) in [5, 5.41) is -0.00347. The van der Waals surface area contributed by atoms with Gasteiger partial charge in [0.05, 0.1) is 0 Å². The first-order valence-corrected chi connectivity index (χ1v) is 11.4. The quantitative estimate of drug-likeness (QED) is 0.520. The van der Waals surface area contributed by atoms with Gasteiger partial charge < -0.3 is 13.9 Å². The van der Waals surface area contributed by atoms with Gasteiger partial charge in [-0.3, -0.25) is 4.79 Å². The zero-order valence-corrected chi connectivity index (χ0v) is 16.8. The van der Waals surface area contributed by atoms with Crippen molar-refractivity contribution in [2.24, 2.45) is 0 Å². The Balaban J connectivity index is 2.17. The molecule has 0 saturated carbocycles. The van der Waals surface area contributed by atoms with E-state index in [0.717, 1.165) is 6.07 Å². The summed E-state index contributed by atoms with van der Waals surface area (Å²) in [6.07, 6.45) is -4.61. The highest BCUT2D eigenvalue weighted by molar-refractivity contribution is 6.74. The highest BCUT2D eigenvalue weighted by Gasteiger charge is 2.39. The fourth-order valence-corrected chi connectivity index (χ4v) is 3.33. The normalized spacial score (nSPS) is 15.1. The molecule has 0 bridgehead atoms. The van der Waals surface area contributed by atoms with Crippen LogP contribution >= 0.6 is 0 Å². The fraction of sp³-hybridized carbons (Fsp3) is 0.611. The van der Waals surface area contributed by atoms with Crippen molar-refractivity contribution in [2.75, 3.05) is 19.8 Å². The molecule has 0 saturated heterocycles. The number of hydrogen-bond donors (Lipinski definition) is 0. The van der Waals surface area contributed by atoms with Gasteiger partial charge in [0, 0.05) is 18.6 Å². The van der Waals surface area contributed by atoms with Crippen LogP contribution in [0.15, 0.2) is 12.1 Å². The highest BCUT2D eigenvalue weighted by Crippen LogP contribution is 2.44. The monoisotopic (exact) mass is 390 g/mol. The Morgan fingerprint density at radius 3 is 2.35 bits per heavy atom. The van der Waals surface area contributed by atoms with Crippen molar-refractivity contribution in [1.82, 2.24) is 0 Å². The van der Waals surface area contributed by atoms with E-state index in [1.807, 2.05) is 0 Å². The van der Waals surface area contributed by atoms with Gasteiger partial charge in [-0.25, -0.2) is 0 Å². The van der Waals surface area contributed by atoms with E-state index < -0.39 is 25.8 Å². The molecule has 1 heterocycles. The van der Waals surface area contributed by atoms with Gasteiger partial charge in [0.2, 0.25) is 0 Å². The summed E-state index contributed by atoms with van der Waals surface area (Å²) in [5.41, 5.74) is -1.02. The summed E-state index contributed by atoms with van der Waals surface area (Å²) in [7, 11) is -2.01. The van der Waals surface area contributed by atoms with Crippen LogP contribution in [0.2, 0.25) is 18.1 Å². The number of fused-ring (bicyclic) bond motifs is 1. The molecule has 4 nitrogen and oxygen atoms in total. The standard InChI is InChI=1S/C18H25F3O4Si/c1-17(2,3)26(4,5)25-7-6-14(22)12-10-13(18(19,20)21)16-15(11-12)23-8-9-24-16/h10-11H,6-9H2,1-5H3. The summed E-state index contributed by atoms with van der Waals surface area (Å²) in [6, 6.07) is 2.15. The molecule has 0 fully saturated rings. The lowest BCUT2D eigenvalue weighted by Gasteiger charge is -2.36. The van der Waals surface area contributed by atoms with E-state index >= 15 is 0 Å². The van der Waals surface area contributed by atoms with E-state index in [4.69, 9.17) is 13.9 Å². The number of ether oxygens (including phenoxy) is 2. The SMILES string of the molecule is CC(C)(C)[Si](C)(C)OCCC(=O)c1cc2c(c(C(F)(F)F)c1)OCCO2. The Bertz CT molecular complexity index is 678. The van der Waals surface area contributed by atoms with Crippen molar-refractivity contribution in [3.05, 3.63) is 23.3 Å². The molecule has 0 amide bonds. The van der Waals surface area contributed by atoms with E-state index in [-0.39, 0.29) is 48.3 Å². The van der Waals surface area contributed by atoms with Crippen molar-refractivity contribution in [2.45, 2.75) is 51.5 Å². The molecule has 0 aromatic heterocycles. The Hall–Kier alpha value is -1.54. The Kier molecular flexibility index (Phi) is 5.77. The van der Waals surface area contributed by atoms with E-state index in [1.165, 1.54) is 6.07 Å². The van der Waals surface area contributed by atoms with Crippen molar-refractivity contribution < 1.29 is 31.9 Å². The van der Waals surface area contributed by atoms with Crippen LogP contribution in [-0.4, -0.2) is 33.9 Å². The lowest BCUT2D eigenvalue weighted by molar-refractivity contribution is -0.139. The van der Waals surface area contributed by atoms with Crippen LogP contribution in [0.25, 0.3) is 0 Å². The molecule has 26 heavy (non-hydrogen) atoms. The summed E-state index contributed by atoms with van der Waals surface area (Å²) >= 11 is 0. The molecule has 0 aliphatic carbocycles. The molecule has 1 aliphatic heterocycles. The van der Waals surface area contributed by atoms with Crippen molar-refractivity contribution in [3.8, 4) is 11.5 Å². The number of hydrogen-bond acceptors (Lipinski definition) is 4. The third kappa shape index (κ3) is 4.59. The molecule has 2 rings (SSSR count). The van der Waals surface area contributed by atoms with Crippen molar-refractivity contribution in [3.63, 3.8) is 0 Å². The first-order valence-electron chi connectivity index (χ1n) is 8.51. The number of rotatable bonds is 5. The van der Waals surface area contributed by atoms with Crippen LogP contribution in [0.4, 0.5) is 13.2 Å². The Labute approximate surface area is 152 Å². The van der Waals surface area contributed by atoms with E-state index in [1.54, 1.807) is 0 Å². The van der Waals surface area contributed by atoms with Crippen LogP contribution in [0.3, 0.4) is 0 Å². The van der Waals surface area contributed by atoms with Crippen LogP contribution in [0.5, 0.6) is 11.5 Å². The molecule has 1 aromatic rings. The van der Waals surface area contributed by atoms with E-state index in [9.17, 15) is 18.0 Å². The minimum Gasteiger partial charge on any atom is -0.486 e. The van der Waals surface area contributed by atoms with Crippen molar-refractivity contribution in [1.29, 1.82) is 0 Å². The van der Waals surface area contributed by atoms with Crippen LogP contribution in [0, 0.1) is 0 Å². The maximum atomic E-state index is 13.3. The number of Topliss-reactive ketones (excluding diaryl/α,β-unsaturated/α-hetero) is 1. The molecule has 0 spiro atoms. The second-order valence-electron chi connectivity index (χ2n) is 7.83. The lowest BCUT2D eigenvalue weighted by atomic mass is 10.0. The second-order valence-corrected chi connectivity index (χ2v) is 12.6. The van der Waals surface area contributed by atoms with Gasteiger partial charge in [0.1, 0.15) is 18.8 Å². The zero-order valence-electron chi connectivity index (χ0n) is 15.8. The molecule has 0 radical (unpaired) electrons. The Morgan fingerprint density at radius 2 is 1.77 bits per heavy atom. The van der Waals surface area contributed by atoms with Gasteiger partial charge in [0.25, 0.3) is 0 Å². The number of ketones is 1. The highest BCUT2D eigenvalue weighted by atomic mass is 28.4. The second kappa shape index (κ2) is 7.23. The molecule has 1 aromatic carbocycles. The van der Waals surface area contributed by atoms with Gasteiger partial charge in [-0.2, -0.15) is 13.2 Å². The van der Waals surface area contributed by atoms with Gasteiger partial charge in [-0.15, -0.1) is 0 Å². The topological polar surface area (TPSA) is 44.8 Å². The van der Waals surface area contributed by atoms with Crippen molar-refractivity contribution >= 4 is 14.1 Å². The molecule has 146 valence electrons. The van der Waals surface area contributed by atoms with Gasteiger partial charge in [0.15, 0.2) is 25.6 Å². The minimum atomic E-state index is -4.63. The smallest absolute Gasteiger partial charge is 0.420 e. The first-order chi connectivity index (χ1) is 11.8. The summed E-state index contributed by atoms with van der Waals surface area (Å²) in [6.45, 7) is 10.7. The Morgan fingerprint density at radius 1 is 1.15 bits per heavy atom. The molecular formula is C18H25F3O4Si. The number of halogens is 3. The van der Waals surface area contributed by atoms with Crippen LogP contribution in [0.1, 0.15) is 43.1 Å². The average Bonchev–Trinajstić information content (AvgIpc) is 2.51. The zero-order chi connectivity index (χ0) is 19.8. The predicted molar refractivity (Wildman–Crippen MR) is 94.5 cm³/mol. The number of carbonyl (C=O) groups excluding carboxylic acids is 1. The van der Waals surface area contributed by atoms with Gasteiger partial charge in [-0.05, 0) is 30.3 Å². The molecular weight excluding hydrogens is 365 g/mol. The van der Waals surface area contributed by atoms with E-state index in [2.05, 4.69) is 33.9 Å². The van der Waals surface area contributed by atoms with Crippen LogP contribution < -0.4 is 9.47 Å². The molecule has 0 N–H and O–H groups in total. The molecule has 0 atom stereocenters. The maximum Gasteiger partial charge on any atom is 0.420 e. The molecule has 1 aliphatic rings. The molecule has 0 unspecified atom stereocenters.